The maximum atomic E-state index is 13.2. The summed E-state index contributed by atoms with van der Waals surface area (Å²) in [6.45, 7) is 1.69. The summed E-state index contributed by atoms with van der Waals surface area (Å²) in [7, 11) is 1.28. The number of pyridine rings is 1. The molecule has 0 aromatic carbocycles. The van der Waals surface area contributed by atoms with Crippen LogP contribution in [-0.2, 0) is 4.74 Å². The Morgan fingerprint density at radius 2 is 2.31 bits per heavy atom. The Hall–Kier alpha value is -1.18. The van der Waals surface area contributed by atoms with E-state index in [1.807, 2.05) is 22.6 Å². The standard InChI is InChI=1S/C10H8FIN2O2/c1-5-8(10(15)16-2)14-4-6(11)3-7(12)9(14)13-5/h3-4H,1-2H3. The van der Waals surface area contributed by atoms with Crippen LogP contribution in [-0.4, -0.2) is 22.5 Å². The van der Waals surface area contributed by atoms with E-state index in [4.69, 9.17) is 0 Å². The molecule has 0 N–H and O–H groups in total. The number of methoxy groups -OCH3 is 1. The normalized spacial score (nSPS) is 10.8. The second-order valence-electron chi connectivity index (χ2n) is 3.24. The fourth-order valence-corrected chi connectivity index (χ4v) is 2.21. The Kier molecular flexibility index (Phi) is 2.83. The van der Waals surface area contributed by atoms with Crippen molar-refractivity contribution in [3.8, 4) is 0 Å². The third kappa shape index (κ3) is 1.66. The van der Waals surface area contributed by atoms with Crippen molar-refractivity contribution in [2.75, 3.05) is 7.11 Å². The molecule has 0 spiro atoms. The van der Waals surface area contributed by atoms with Crippen molar-refractivity contribution in [3.05, 3.63) is 33.0 Å². The maximum Gasteiger partial charge on any atom is 0.356 e. The number of carbonyl (C=O) groups is 1. The maximum absolute atomic E-state index is 13.2. The van der Waals surface area contributed by atoms with E-state index in [1.165, 1.54) is 23.8 Å². The number of aryl methyl sites for hydroxylation is 1. The molecule has 2 rings (SSSR count). The summed E-state index contributed by atoms with van der Waals surface area (Å²) < 4.78 is 20.0. The van der Waals surface area contributed by atoms with Gasteiger partial charge in [0.15, 0.2) is 11.3 Å². The van der Waals surface area contributed by atoms with Crippen LogP contribution in [0, 0.1) is 16.3 Å². The molecule has 0 bridgehead atoms. The number of nitrogens with zero attached hydrogens (tertiary/aromatic N) is 2. The van der Waals surface area contributed by atoms with Crippen molar-refractivity contribution in [3.63, 3.8) is 0 Å². The SMILES string of the molecule is COC(=O)c1c(C)nc2c(I)cc(F)cn12. The van der Waals surface area contributed by atoms with Crippen LogP contribution >= 0.6 is 22.6 Å². The fourth-order valence-electron chi connectivity index (χ4n) is 1.53. The monoisotopic (exact) mass is 334 g/mol. The van der Waals surface area contributed by atoms with Crippen LogP contribution < -0.4 is 0 Å². The zero-order valence-electron chi connectivity index (χ0n) is 8.62. The van der Waals surface area contributed by atoms with E-state index in [1.54, 1.807) is 6.92 Å². The van der Waals surface area contributed by atoms with Crippen LogP contribution in [0.4, 0.5) is 4.39 Å². The van der Waals surface area contributed by atoms with Gasteiger partial charge in [-0.25, -0.2) is 14.2 Å². The number of esters is 1. The van der Waals surface area contributed by atoms with Gasteiger partial charge in [-0.05, 0) is 35.6 Å². The summed E-state index contributed by atoms with van der Waals surface area (Å²) in [6.07, 6.45) is 1.23. The van der Waals surface area contributed by atoms with Crippen LogP contribution in [0.2, 0.25) is 0 Å². The average Bonchev–Trinajstić information content (AvgIpc) is 2.54. The number of aromatic nitrogens is 2. The van der Waals surface area contributed by atoms with Crippen LogP contribution in [0.25, 0.3) is 5.65 Å². The molecule has 2 heterocycles. The van der Waals surface area contributed by atoms with E-state index < -0.39 is 11.8 Å². The number of hydrogen-bond donors (Lipinski definition) is 0. The van der Waals surface area contributed by atoms with E-state index in [0.717, 1.165) is 0 Å². The van der Waals surface area contributed by atoms with Gasteiger partial charge in [-0.15, -0.1) is 0 Å². The minimum atomic E-state index is -0.522. The van der Waals surface area contributed by atoms with Crippen LogP contribution in [0.15, 0.2) is 12.3 Å². The van der Waals surface area contributed by atoms with Crippen molar-refractivity contribution in [2.45, 2.75) is 6.92 Å². The molecule has 0 atom stereocenters. The highest BCUT2D eigenvalue weighted by molar-refractivity contribution is 14.1. The molecule has 0 fully saturated rings. The second-order valence-corrected chi connectivity index (χ2v) is 4.40. The first-order valence-corrected chi connectivity index (χ1v) is 5.54. The smallest absolute Gasteiger partial charge is 0.356 e. The van der Waals surface area contributed by atoms with E-state index in [0.29, 0.717) is 14.9 Å². The van der Waals surface area contributed by atoms with Crippen molar-refractivity contribution in [1.82, 2.24) is 9.38 Å². The van der Waals surface area contributed by atoms with Gasteiger partial charge in [0.1, 0.15) is 5.82 Å². The lowest BCUT2D eigenvalue weighted by molar-refractivity contribution is 0.0592. The molecule has 0 saturated carbocycles. The molecule has 0 amide bonds. The zero-order valence-corrected chi connectivity index (χ0v) is 10.8. The van der Waals surface area contributed by atoms with Gasteiger partial charge in [0, 0.05) is 6.20 Å². The van der Waals surface area contributed by atoms with Crippen molar-refractivity contribution in [2.24, 2.45) is 0 Å². The number of fused-ring (bicyclic) bond motifs is 1. The van der Waals surface area contributed by atoms with Crippen LogP contribution in [0.1, 0.15) is 16.2 Å². The highest BCUT2D eigenvalue weighted by Crippen LogP contribution is 2.19. The quantitative estimate of drug-likeness (QED) is 0.593. The summed E-state index contributed by atoms with van der Waals surface area (Å²) >= 11 is 1.97. The van der Waals surface area contributed by atoms with Gasteiger partial charge in [0.05, 0.1) is 16.4 Å². The zero-order chi connectivity index (χ0) is 11.9. The number of halogens is 2. The summed E-state index contributed by atoms with van der Waals surface area (Å²) in [4.78, 5) is 15.7. The summed E-state index contributed by atoms with van der Waals surface area (Å²) in [5.74, 6) is -0.939. The molecule has 16 heavy (non-hydrogen) atoms. The van der Waals surface area contributed by atoms with Gasteiger partial charge >= 0.3 is 5.97 Å². The highest BCUT2D eigenvalue weighted by Gasteiger charge is 2.18. The molecule has 2 aromatic heterocycles. The molecule has 84 valence electrons. The largest absolute Gasteiger partial charge is 0.464 e. The van der Waals surface area contributed by atoms with Crippen molar-refractivity contribution in [1.29, 1.82) is 0 Å². The second kappa shape index (κ2) is 4.00. The topological polar surface area (TPSA) is 43.6 Å². The third-order valence-electron chi connectivity index (χ3n) is 2.19. The van der Waals surface area contributed by atoms with E-state index in [9.17, 15) is 9.18 Å². The summed E-state index contributed by atoms with van der Waals surface area (Å²) in [6, 6.07) is 1.36. The number of carbonyl (C=O) groups excluding carboxylic acids is 1. The number of rotatable bonds is 1. The lowest BCUT2D eigenvalue weighted by atomic mass is 10.3. The lowest BCUT2D eigenvalue weighted by Gasteiger charge is -2.01. The first-order valence-electron chi connectivity index (χ1n) is 4.46. The van der Waals surface area contributed by atoms with Gasteiger partial charge in [0.25, 0.3) is 0 Å². The number of hydrogen-bond acceptors (Lipinski definition) is 3. The predicted octanol–water partition coefficient (Wildman–Crippen LogP) is 2.17. The van der Waals surface area contributed by atoms with Gasteiger partial charge in [-0.2, -0.15) is 0 Å². The van der Waals surface area contributed by atoms with Gasteiger partial charge in [-0.1, -0.05) is 0 Å². The molecule has 0 aliphatic rings. The first kappa shape index (κ1) is 11.3. The number of ether oxygens (including phenoxy) is 1. The van der Waals surface area contributed by atoms with Gasteiger partial charge in [-0.3, -0.25) is 4.40 Å². The Balaban J connectivity index is 2.83. The van der Waals surface area contributed by atoms with E-state index in [2.05, 4.69) is 9.72 Å². The highest BCUT2D eigenvalue weighted by atomic mass is 127. The Morgan fingerprint density at radius 3 is 2.94 bits per heavy atom. The van der Waals surface area contributed by atoms with Crippen molar-refractivity contribution >= 4 is 34.2 Å². The predicted molar refractivity (Wildman–Crippen MR) is 63.9 cm³/mol. The molecule has 0 unspecified atom stereocenters. The molecule has 6 heteroatoms. The summed E-state index contributed by atoms with van der Waals surface area (Å²) in [5, 5.41) is 0. The fraction of sp³-hybridized carbons (Fsp3) is 0.200. The van der Waals surface area contributed by atoms with Crippen LogP contribution in [0.5, 0.6) is 0 Å². The van der Waals surface area contributed by atoms with Crippen molar-refractivity contribution < 1.29 is 13.9 Å². The average molecular weight is 334 g/mol. The van der Waals surface area contributed by atoms with E-state index in [-0.39, 0.29) is 5.69 Å². The Morgan fingerprint density at radius 1 is 1.62 bits per heavy atom. The molecule has 0 saturated heterocycles. The molecule has 0 aliphatic carbocycles. The Labute approximate surface area is 105 Å². The molecule has 2 aromatic rings. The van der Waals surface area contributed by atoms with Gasteiger partial charge < -0.3 is 4.74 Å². The van der Waals surface area contributed by atoms with E-state index >= 15 is 0 Å². The Bertz CT molecular complexity index is 580. The van der Waals surface area contributed by atoms with Crippen LogP contribution in [0.3, 0.4) is 0 Å². The van der Waals surface area contributed by atoms with Gasteiger partial charge in [0.2, 0.25) is 0 Å². The first-order chi connectivity index (χ1) is 7.54. The summed E-state index contributed by atoms with van der Waals surface area (Å²) in [5.41, 5.74) is 1.34. The molecule has 0 radical (unpaired) electrons. The third-order valence-corrected chi connectivity index (χ3v) is 2.99. The minimum Gasteiger partial charge on any atom is -0.464 e. The number of imidazole rings is 1. The minimum absolute atomic E-state index is 0.259. The molecular formula is C10H8FIN2O2. The lowest BCUT2D eigenvalue weighted by Crippen LogP contribution is -2.07. The molecular weight excluding hydrogens is 326 g/mol. The molecule has 0 aliphatic heterocycles. The molecule has 4 nitrogen and oxygen atoms in total.